The highest BCUT2D eigenvalue weighted by Crippen LogP contribution is 2.41. The molecule has 1 unspecified atom stereocenters. The van der Waals surface area contributed by atoms with E-state index in [-0.39, 0.29) is 12.5 Å². The van der Waals surface area contributed by atoms with E-state index in [2.05, 4.69) is 38.1 Å². The van der Waals surface area contributed by atoms with Crippen LogP contribution in [0.25, 0.3) is 0 Å². The molecule has 0 radical (unpaired) electrons. The second-order valence-electron chi connectivity index (χ2n) is 7.95. The van der Waals surface area contributed by atoms with Crippen LogP contribution in [0.3, 0.4) is 0 Å². The predicted octanol–water partition coefficient (Wildman–Crippen LogP) is 5.58. The fraction of sp³-hybridized carbons (Fsp3) is 0.280. The Bertz CT molecular complexity index is 1120. The summed E-state index contributed by atoms with van der Waals surface area (Å²) in [5.74, 6) is -0.108. The molecule has 160 valence electrons. The molecule has 2 aromatic carbocycles. The summed E-state index contributed by atoms with van der Waals surface area (Å²) >= 11 is 6.27. The van der Waals surface area contributed by atoms with Crippen molar-refractivity contribution in [2.24, 2.45) is 0 Å². The van der Waals surface area contributed by atoms with E-state index in [0.29, 0.717) is 23.2 Å². The van der Waals surface area contributed by atoms with Gasteiger partial charge in [-0.3, -0.25) is 4.79 Å². The minimum absolute atomic E-state index is 0.105. The second-order valence-corrected chi connectivity index (χ2v) is 8.38. The number of halogens is 1. The molecule has 0 saturated heterocycles. The maximum absolute atomic E-state index is 13.6. The van der Waals surface area contributed by atoms with Gasteiger partial charge in [-0.1, -0.05) is 49.7 Å². The van der Waals surface area contributed by atoms with Crippen molar-refractivity contribution in [3.8, 4) is 0 Å². The molecule has 0 spiro atoms. The molecule has 1 aromatic heterocycles. The number of nitrogens with zero attached hydrogens (tertiary/aromatic N) is 2. The molecule has 5 nitrogen and oxygen atoms in total. The standard InChI is InChI=1S/C25H25ClN2O3/c1-4-31-25(30)22-6-5-13-27(22)23-20-14-19(26)11-12-21(20)28(24(23)29)15-17-7-9-18(10-8-17)16(2)3/h5-14,16,23H,4,15H2,1-3H3. The molecule has 31 heavy (non-hydrogen) atoms. The molecule has 0 bridgehead atoms. The van der Waals surface area contributed by atoms with Crippen molar-refractivity contribution in [2.75, 3.05) is 11.5 Å². The summed E-state index contributed by atoms with van der Waals surface area (Å²) in [6.07, 6.45) is 1.74. The largest absolute Gasteiger partial charge is 0.461 e. The van der Waals surface area contributed by atoms with Crippen molar-refractivity contribution in [3.63, 3.8) is 0 Å². The van der Waals surface area contributed by atoms with Gasteiger partial charge in [0.1, 0.15) is 11.7 Å². The quantitative estimate of drug-likeness (QED) is 0.474. The molecule has 0 N–H and O–H groups in total. The zero-order valence-corrected chi connectivity index (χ0v) is 18.6. The van der Waals surface area contributed by atoms with Crippen LogP contribution in [0.15, 0.2) is 60.8 Å². The highest BCUT2D eigenvalue weighted by molar-refractivity contribution is 6.31. The van der Waals surface area contributed by atoms with Gasteiger partial charge in [0.25, 0.3) is 5.91 Å². The zero-order valence-electron chi connectivity index (χ0n) is 17.8. The van der Waals surface area contributed by atoms with Gasteiger partial charge in [0.2, 0.25) is 0 Å². The Labute approximate surface area is 187 Å². The molecule has 3 aromatic rings. The Balaban J connectivity index is 1.72. The van der Waals surface area contributed by atoms with Crippen LogP contribution in [-0.2, 0) is 16.1 Å². The average Bonchev–Trinajstić information content (AvgIpc) is 3.31. The Morgan fingerprint density at radius 2 is 1.87 bits per heavy atom. The number of amides is 1. The van der Waals surface area contributed by atoms with E-state index in [4.69, 9.17) is 16.3 Å². The molecule has 0 saturated carbocycles. The maximum atomic E-state index is 13.6. The lowest BCUT2D eigenvalue weighted by Gasteiger charge is -2.19. The minimum atomic E-state index is -0.668. The first-order valence-electron chi connectivity index (χ1n) is 10.4. The first-order chi connectivity index (χ1) is 14.9. The number of carbonyl (C=O) groups excluding carboxylic acids is 2. The highest BCUT2D eigenvalue weighted by Gasteiger charge is 2.40. The number of anilines is 1. The number of carbonyl (C=O) groups is 2. The van der Waals surface area contributed by atoms with Crippen molar-refractivity contribution in [1.82, 2.24) is 4.57 Å². The number of hydrogen-bond donors (Lipinski definition) is 0. The number of aromatic nitrogens is 1. The third kappa shape index (κ3) is 3.98. The Hall–Kier alpha value is -3.05. The summed E-state index contributed by atoms with van der Waals surface area (Å²) in [6.45, 7) is 6.78. The Morgan fingerprint density at radius 3 is 2.55 bits per heavy atom. The van der Waals surface area contributed by atoms with E-state index < -0.39 is 12.0 Å². The van der Waals surface area contributed by atoms with Gasteiger partial charge in [0.05, 0.1) is 18.8 Å². The summed E-state index contributed by atoms with van der Waals surface area (Å²) < 4.78 is 6.85. The topological polar surface area (TPSA) is 51.5 Å². The molecule has 1 amide bonds. The molecule has 1 aliphatic rings. The third-order valence-corrected chi connectivity index (χ3v) is 5.84. The summed E-state index contributed by atoms with van der Waals surface area (Å²) in [5.41, 5.74) is 4.22. The number of hydrogen-bond acceptors (Lipinski definition) is 3. The van der Waals surface area contributed by atoms with E-state index in [1.165, 1.54) is 5.56 Å². The van der Waals surface area contributed by atoms with E-state index in [1.807, 2.05) is 6.07 Å². The van der Waals surface area contributed by atoms with Crippen molar-refractivity contribution in [2.45, 2.75) is 39.3 Å². The number of benzene rings is 2. The molecule has 6 heteroatoms. The van der Waals surface area contributed by atoms with Crippen LogP contribution in [0.2, 0.25) is 5.02 Å². The molecule has 0 aliphatic carbocycles. The molecule has 1 atom stereocenters. The smallest absolute Gasteiger partial charge is 0.354 e. The van der Waals surface area contributed by atoms with Gasteiger partial charge in [0, 0.05) is 16.8 Å². The molecular formula is C25H25ClN2O3. The lowest BCUT2D eigenvalue weighted by atomic mass is 10.0. The fourth-order valence-corrected chi connectivity index (χ4v) is 4.19. The zero-order chi connectivity index (χ0) is 22.1. The fourth-order valence-electron chi connectivity index (χ4n) is 4.01. The van der Waals surface area contributed by atoms with Gasteiger partial charge in [-0.15, -0.1) is 0 Å². The average molecular weight is 437 g/mol. The molecule has 4 rings (SSSR count). The number of ether oxygens (including phenoxy) is 1. The van der Waals surface area contributed by atoms with E-state index in [1.54, 1.807) is 46.9 Å². The summed E-state index contributed by atoms with van der Waals surface area (Å²) in [6, 6.07) is 16.5. The van der Waals surface area contributed by atoms with Crippen LogP contribution in [0, 0.1) is 0 Å². The van der Waals surface area contributed by atoms with Crippen LogP contribution >= 0.6 is 11.6 Å². The Kier molecular flexibility index (Phi) is 5.88. The third-order valence-electron chi connectivity index (χ3n) is 5.60. The van der Waals surface area contributed by atoms with Gasteiger partial charge in [-0.05, 0) is 54.3 Å². The van der Waals surface area contributed by atoms with Crippen molar-refractivity contribution in [1.29, 1.82) is 0 Å². The minimum Gasteiger partial charge on any atom is -0.461 e. The molecule has 1 aliphatic heterocycles. The summed E-state index contributed by atoms with van der Waals surface area (Å²) in [7, 11) is 0. The van der Waals surface area contributed by atoms with E-state index >= 15 is 0 Å². The lowest BCUT2D eigenvalue weighted by Crippen LogP contribution is -2.31. The van der Waals surface area contributed by atoms with Gasteiger partial charge >= 0.3 is 5.97 Å². The second kappa shape index (κ2) is 8.60. The first-order valence-corrected chi connectivity index (χ1v) is 10.8. The monoisotopic (exact) mass is 436 g/mol. The van der Waals surface area contributed by atoms with Crippen molar-refractivity contribution >= 4 is 29.2 Å². The van der Waals surface area contributed by atoms with Crippen LogP contribution < -0.4 is 4.90 Å². The molecule has 2 heterocycles. The SMILES string of the molecule is CCOC(=O)c1cccn1C1C(=O)N(Cc2ccc(C(C)C)cc2)c2ccc(Cl)cc21. The van der Waals surface area contributed by atoms with Gasteiger partial charge in [-0.2, -0.15) is 0 Å². The number of rotatable bonds is 6. The first kappa shape index (κ1) is 21.2. The normalized spacial score (nSPS) is 15.5. The van der Waals surface area contributed by atoms with Crippen LogP contribution in [0.5, 0.6) is 0 Å². The van der Waals surface area contributed by atoms with Gasteiger partial charge in [-0.25, -0.2) is 4.79 Å². The van der Waals surface area contributed by atoms with Crippen molar-refractivity contribution in [3.05, 3.63) is 88.2 Å². The predicted molar refractivity (Wildman–Crippen MR) is 122 cm³/mol. The maximum Gasteiger partial charge on any atom is 0.354 e. The van der Waals surface area contributed by atoms with Crippen molar-refractivity contribution < 1.29 is 14.3 Å². The summed E-state index contributed by atoms with van der Waals surface area (Å²) in [5, 5.41) is 0.546. The number of esters is 1. The summed E-state index contributed by atoms with van der Waals surface area (Å²) in [4.78, 5) is 27.8. The van der Waals surface area contributed by atoms with E-state index in [9.17, 15) is 9.59 Å². The Morgan fingerprint density at radius 1 is 1.13 bits per heavy atom. The van der Waals surface area contributed by atoms with Crippen LogP contribution in [0.4, 0.5) is 5.69 Å². The van der Waals surface area contributed by atoms with Crippen LogP contribution in [0.1, 0.15) is 59.9 Å². The lowest BCUT2D eigenvalue weighted by molar-refractivity contribution is -0.120. The molecular weight excluding hydrogens is 412 g/mol. The number of fused-ring (bicyclic) bond motifs is 1. The van der Waals surface area contributed by atoms with Gasteiger partial charge < -0.3 is 14.2 Å². The van der Waals surface area contributed by atoms with E-state index in [0.717, 1.165) is 16.8 Å². The molecule has 0 fully saturated rings. The van der Waals surface area contributed by atoms with Crippen LogP contribution in [-0.4, -0.2) is 23.1 Å². The highest BCUT2D eigenvalue weighted by atomic mass is 35.5. The van der Waals surface area contributed by atoms with Gasteiger partial charge in [0.15, 0.2) is 0 Å².